The van der Waals surface area contributed by atoms with Gasteiger partial charge in [-0.25, -0.2) is 0 Å². The highest BCUT2D eigenvalue weighted by Crippen LogP contribution is 1.99. The molecular formula is C12H28N2O. The Morgan fingerprint density at radius 3 is 2.60 bits per heavy atom. The summed E-state index contributed by atoms with van der Waals surface area (Å²) in [5, 5.41) is 3.53. The largest absolute Gasteiger partial charge is 0.385 e. The molecule has 0 bridgehead atoms. The van der Waals surface area contributed by atoms with Crippen molar-refractivity contribution < 1.29 is 4.74 Å². The third kappa shape index (κ3) is 8.85. The van der Waals surface area contributed by atoms with Crippen molar-refractivity contribution in [1.29, 1.82) is 0 Å². The van der Waals surface area contributed by atoms with E-state index in [4.69, 9.17) is 4.74 Å². The predicted molar refractivity (Wildman–Crippen MR) is 66.4 cm³/mol. The maximum absolute atomic E-state index is 5.05. The third-order valence-electron chi connectivity index (χ3n) is 2.55. The quantitative estimate of drug-likeness (QED) is 0.563. The molecule has 0 aromatic carbocycles. The molecule has 1 atom stereocenters. The first-order valence-electron chi connectivity index (χ1n) is 6.15. The highest BCUT2D eigenvalue weighted by Gasteiger charge is 2.08. The Bertz CT molecular complexity index is 125. The number of nitrogens with one attached hydrogen (secondary N) is 1. The van der Waals surface area contributed by atoms with Crippen molar-refractivity contribution in [1.82, 2.24) is 10.2 Å². The van der Waals surface area contributed by atoms with Gasteiger partial charge in [0.1, 0.15) is 0 Å². The molecule has 15 heavy (non-hydrogen) atoms. The molecule has 0 aliphatic heterocycles. The maximum atomic E-state index is 5.05. The minimum Gasteiger partial charge on any atom is -0.385 e. The van der Waals surface area contributed by atoms with Gasteiger partial charge in [-0.2, -0.15) is 0 Å². The maximum Gasteiger partial charge on any atom is 0.0474 e. The van der Waals surface area contributed by atoms with E-state index in [-0.39, 0.29) is 0 Å². The Morgan fingerprint density at radius 1 is 1.33 bits per heavy atom. The van der Waals surface area contributed by atoms with Crippen molar-refractivity contribution in [2.75, 3.05) is 40.4 Å². The van der Waals surface area contributed by atoms with Crippen molar-refractivity contribution in [2.45, 2.75) is 39.2 Å². The van der Waals surface area contributed by atoms with Crippen LogP contribution in [0.5, 0.6) is 0 Å². The molecule has 0 saturated carbocycles. The summed E-state index contributed by atoms with van der Waals surface area (Å²) in [6.07, 6.45) is 3.64. The summed E-state index contributed by atoms with van der Waals surface area (Å²) in [6, 6.07) is 0.646. The van der Waals surface area contributed by atoms with Crippen LogP contribution in [0.1, 0.15) is 33.1 Å². The molecule has 0 aromatic rings. The van der Waals surface area contributed by atoms with Crippen molar-refractivity contribution in [3.05, 3.63) is 0 Å². The van der Waals surface area contributed by atoms with Crippen molar-refractivity contribution >= 4 is 0 Å². The lowest BCUT2D eigenvalue weighted by Crippen LogP contribution is -2.39. The van der Waals surface area contributed by atoms with E-state index >= 15 is 0 Å². The average molecular weight is 216 g/mol. The van der Waals surface area contributed by atoms with Crippen molar-refractivity contribution in [2.24, 2.45) is 0 Å². The van der Waals surface area contributed by atoms with E-state index in [1.165, 1.54) is 12.8 Å². The molecule has 0 heterocycles. The number of hydrogen-bond donors (Lipinski definition) is 1. The summed E-state index contributed by atoms with van der Waals surface area (Å²) < 4.78 is 5.05. The Morgan fingerprint density at radius 2 is 2.07 bits per heavy atom. The molecular weight excluding hydrogens is 188 g/mol. The molecule has 0 aliphatic carbocycles. The normalized spacial score (nSPS) is 13.4. The standard InChI is InChI=1S/C12H28N2O/c1-5-8-12(13-6-2)11-14(3)9-7-10-15-4/h12-13H,5-11H2,1-4H3. The first kappa shape index (κ1) is 14.9. The lowest BCUT2D eigenvalue weighted by molar-refractivity contribution is 0.175. The summed E-state index contributed by atoms with van der Waals surface area (Å²) in [5.74, 6) is 0. The van der Waals surface area contributed by atoms with Crippen LogP contribution in [-0.2, 0) is 4.74 Å². The molecule has 0 saturated heterocycles. The summed E-state index contributed by atoms with van der Waals surface area (Å²) >= 11 is 0. The number of methoxy groups -OCH3 is 1. The summed E-state index contributed by atoms with van der Waals surface area (Å²) in [5.41, 5.74) is 0. The molecule has 0 amide bonds. The first-order valence-corrected chi connectivity index (χ1v) is 6.15. The molecule has 0 aromatic heterocycles. The van der Waals surface area contributed by atoms with Crippen LogP contribution in [0.2, 0.25) is 0 Å². The van der Waals surface area contributed by atoms with Gasteiger partial charge in [0.2, 0.25) is 0 Å². The highest BCUT2D eigenvalue weighted by atomic mass is 16.5. The van der Waals surface area contributed by atoms with E-state index in [1.807, 2.05) is 0 Å². The lowest BCUT2D eigenvalue weighted by Gasteiger charge is -2.24. The molecule has 92 valence electrons. The second-order valence-electron chi connectivity index (χ2n) is 4.15. The minimum atomic E-state index is 0.646. The van der Waals surface area contributed by atoms with Gasteiger partial charge in [0, 0.05) is 32.8 Å². The zero-order valence-electron chi connectivity index (χ0n) is 10.9. The van der Waals surface area contributed by atoms with Crippen LogP contribution >= 0.6 is 0 Å². The van der Waals surface area contributed by atoms with Crippen LogP contribution in [0.4, 0.5) is 0 Å². The van der Waals surface area contributed by atoms with E-state index < -0.39 is 0 Å². The number of nitrogens with zero attached hydrogens (tertiary/aromatic N) is 1. The Hall–Kier alpha value is -0.120. The molecule has 3 heteroatoms. The number of likely N-dealkylation sites (N-methyl/N-ethyl adjacent to an activating group) is 2. The van der Waals surface area contributed by atoms with Gasteiger partial charge < -0.3 is 15.0 Å². The highest BCUT2D eigenvalue weighted by molar-refractivity contribution is 4.69. The zero-order valence-corrected chi connectivity index (χ0v) is 10.9. The number of hydrogen-bond acceptors (Lipinski definition) is 3. The zero-order chi connectivity index (χ0) is 11.5. The van der Waals surface area contributed by atoms with Crippen molar-refractivity contribution in [3.8, 4) is 0 Å². The molecule has 0 radical (unpaired) electrons. The van der Waals surface area contributed by atoms with Gasteiger partial charge >= 0.3 is 0 Å². The van der Waals surface area contributed by atoms with E-state index in [9.17, 15) is 0 Å². The lowest BCUT2D eigenvalue weighted by atomic mass is 10.1. The molecule has 0 aliphatic rings. The van der Waals surface area contributed by atoms with Crippen LogP contribution in [-0.4, -0.2) is 51.3 Å². The Labute approximate surface area is 95.2 Å². The Kier molecular flexibility index (Phi) is 10.3. The summed E-state index contributed by atoms with van der Waals surface area (Å²) in [4.78, 5) is 2.39. The topological polar surface area (TPSA) is 24.5 Å². The van der Waals surface area contributed by atoms with Gasteiger partial charge in [-0.05, 0) is 26.4 Å². The molecule has 0 rings (SSSR count). The molecule has 1 unspecified atom stereocenters. The first-order chi connectivity index (χ1) is 7.24. The van der Waals surface area contributed by atoms with E-state index in [2.05, 4.69) is 31.1 Å². The van der Waals surface area contributed by atoms with Gasteiger partial charge in [-0.1, -0.05) is 20.3 Å². The monoisotopic (exact) mass is 216 g/mol. The smallest absolute Gasteiger partial charge is 0.0474 e. The second-order valence-corrected chi connectivity index (χ2v) is 4.15. The fourth-order valence-corrected chi connectivity index (χ4v) is 1.84. The second kappa shape index (κ2) is 10.4. The van der Waals surface area contributed by atoms with Crippen LogP contribution in [0.3, 0.4) is 0 Å². The third-order valence-corrected chi connectivity index (χ3v) is 2.55. The van der Waals surface area contributed by atoms with Gasteiger partial charge in [-0.15, -0.1) is 0 Å². The van der Waals surface area contributed by atoms with Gasteiger partial charge in [0.05, 0.1) is 0 Å². The predicted octanol–water partition coefficient (Wildman–Crippen LogP) is 1.73. The SMILES string of the molecule is CCCC(CN(C)CCCOC)NCC. The number of rotatable bonds is 10. The molecule has 1 N–H and O–H groups in total. The fourth-order valence-electron chi connectivity index (χ4n) is 1.84. The van der Waals surface area contributed by atoms with Gasteiger partial charge in [0.15, 0.2) is 0 Å². The van der Waals surface area contributed by atoms with E-state index in [0.29, 0.717) is 6.04 Å². The van der Waals surface area contributed by atoms with Crippen LogP contribution < -0.4 is 5.32 Å². The summed E-state index contributed by atoms with van der Waals surface area (Å²) in [7, 11) is 3.95. The average Bonchev–Trinajstić information content (AvgIpc) is 2.19. The molecule has 0 spiro atoms. The summed E-state index contributed by atoms with van der Waals surface area (Å²) in [6.45, 7) is 8.62. The van der Waals surface area contributed by atoms with E-state index in [1.54, 1.807) is 7.11 Å². The minimum absolute atomic E-state index is 0.646. The van der Waals surface area contributed by atoms with Crippen LogP contribution in [0, 0.1) is 0 Å². The molecule has 3 nitrogen and oxygen atoms in total. The fraction of sp³-hybridized carbons (Fsp3) is 1.00. The van der Waals surface area contributed by atoms with E-state index in [0.717, 1.165) is 32.7 Å². The van der Waals surface area contributed by atoms with Crippen molar-refractivity contribution in [3.63, 3.8) is 0 Å². The van der Waals surface area contributed by atoms with Crippen LogP contribution in [0.15, 0.2) is 0 Å². The van der Waals surface area contributed by atoms with Crippen LogP contribution in [0.25, 0.3) is 0 Å². The molecule has 0 fully saturated rings. The number of ether oxygens (including phenoxy) is 1. The van der Waals surface area contributed by atoms with Gasteiger partial charge in [-0.3, -0.25) is 0 Å². The Balaban J connectivity index is 3.62. The van der Waals surface area contributed by atoms with Gasteiger partial charge in [0.25, 0.3) is 0 Å².